The molecule has 2 aromatic rings. The third-order valence-electron chi connectivity index (χ3n) is 4.09. The lowest BCUT2D eigenvalue weighted by molar-refractivity contribution is 0.129. The number of amides is 2. The van der Waals surface area contributed by atoms with Crippen LogP contribution in [0.3, 0.4) is 0 Å². The number of aryl methyl sites for hydroxylation is 2. The highest BCUT2D eigenvalue weighted by Gasteiger charge is 2.17. The van der Waals surface area contributed by atoms with E-state index in [2.05, 4.69) is 21.3 Å². The maximum atomic E-state index is 12.0. The second-order valence-corrected chi connectivity index (χ2v) is 6.34. The Hall–Kier alpha value is -2.21. The van der Waals surface area contributed by atoms with Gasteiger partial charge < -0.3 is 24.7 Å². The lowest BCUT2D eigenvalue weighted by atomic mass is 10.1. The van der Waals surface area contributed by atoms with Crippen LogP contribution < -0.4 is 10.6 Å². The van der Waals surface area contributed by atoms with Gasteiger partial charge in [0.2, 0.25) is 0 Å². The van der Waals surface area contributed by atoms with Crippen LogP contribution in [0.5, 0.6) is 0 Å². The fourth-order valence-corrected chi connectivity index (χ4v) is 2.67. The normalized spacial score (nSPS) is 14.8. The molecule has 0 radical (unpaired) electrons. The van der Waals surface area contributed by atoms with Gasteiger partial charge in [0.05, 0.1) is 6.26 Å². The number of aromatic nitrogens is 1. The molecule has 2 aromatic heterocycles. The Morgan fingerprint density at radius 1 is 1.25 bits per heavy atom. The summed E-state index contributed by atoms with van der Waals surface area (Å²) in [6, 6.07) is 7.26. The second-order valence-electron chi connectivity index (χ2n) is 6.34. The maximum absolute atomic E-state index is 12.0. The molecule has 2 rings (SSSR count). The first-order valence-corrected chi connectivity index (χ1v) is 8.34. The van der Waals surface area contributed by atoms with Crippen LogP contribution in [-0.2, 0) is 13.5 Å². The lowest BCUT2D eigenvalue weighted by Gasteiger charge is -2.19. The highest BCUT2D eigenvalue weighted by Crippen LogP contribution is 2.18. The molecule has 6 nitrogen and oxygen atoms in total. The van der Waals surface area contributed by atoms with Gasteiger partial charge in [-0.15, -0.1) is 0 Å². The molecule has 6 heteroatoms. The monoisotopic (exact) mass is 333 g/mol. The van der Waals surface area contributed by atoms with Crippen LogP contribution in [0.15, 0.2) is 41.1 Å². The molecule has 24 heavy (non-hydrogen) atoms. The molecule has 0 saturated carbocycles. The molecule has 0 aliphatic rings. The topological polar surface area (TPSA) is 79.4 Å². The summed E-state index contributed by atoms with van der Waals surface area (Å²) in [7, 11) is 2.02. The molecule has 3 atom stereocenters. The van der Waals surface area contributed by atoms with E-state index >= 15 is 0 Å². The predicted molar refractivity (Wildman–Crippen MR) is 92.6 cm³/mol. The number of rotatable bonds is 8. The highest BCUT2D eigenvalue weighted by molar-refractivity contribution is 5.74. The molecular formula is C18H27N3O3. The average molecular weight is 333 g/mol. The predicted octanol–water partition coefficient (Wildman–Crippen LogP) is 2.75. The van der Waals surface area contributed by atoms with Crippen LogP contribution in [0.4, 0.5) is 4.79 Å². The van der Waals surface area contributed by atoms with Crippen molar-refractivity contribution in [1.29, 1.82) is 0 Å². The van der Waals surface area contributed by atoms with Crippen LogP contribution in [0.2, 0.25) is 0 Å². The van der Waals surface area contributed by atoms with Crippen molar-refractivity contribution in [3.05, 3.63) is 48.2 Å². The summed E-state index contributed by atoms with van der Waals surface area (Å²) in [5.74, 6) is 0.514. The minimum absolute atomic E-state index is 0.0714. The molecule has 0 aliphatic carbocycles. The van der Waals surface area contributed by atoms with E-state index in [1.54, 1.807) is 12.1 Å². The number of urea groups is 1. The third-order valence-corrected chi connectivity index (χ3v) is 4.09. The summed E-state index contributed by atoms with van der Waals surface area (Å²) < 4.78 is 7.25. The molecule has 0 aliphatic heterocycles. The van der Waals surface area contributed by atoms with E-state index in [1.165, 1.54) is 12.0 Å². The summed E-state index contributed by atoms with van der Waals surface area (Å²) in [5.41, 5.74) is 1.25. The minimum Gasteiger partial charge on any atom is -0.467 e. The SMILES string of the molecule is CC(CCc1cccn1C)NC(=O)NC(C)CC(O)c1ccco1. The first kappa shape index (κ1) is 18.1. The molecular weight excluding hydrogens is 306 g/mol. The second kappa shape index (κ2) is 8.59. The number of nitrogens with one attached hydrogen (secondary N) is 2. The van der Waals surface area contributed by atoms with Gasteiger partial charge in [-0.2, -0.15) is 0 Å². The van der Waals surface area contributed by atoms with Crippen LogP contribution in [0.25, 0.3) is 0 Å². The molecule has 0 saturated heterocycles. The summed E-state index contributed by atoms with van der Waals surface area (Å²) in [5, 5.41) is 15.8. The van der Waals surface area contributed by atoms with Crippen molar-refractivity contribution in [2.45, 2.75) is 51.3 Å². The molecule has 2 amide bonds. The molecule has 132 valence electrons. The van der Waals surface area contributed by atoms with Gasteiger partial charge in [0, 0.05) is 37.4 Å². The van der Waals surface area contributed by atoms with E-state index in [0.717, 1.165) is 12.8 Å². The van der Waals surface area contributed by atoms with Gasteiger partial charge in [0.1, 0.15) is 11.9 Å². The van der Waals surface area contributed by atoms with Gasteiger partial charge in [0.15, 0.2) is 0 Å². The summed E-state index contributed by atoms with van der Waals surface area (Å²) in [4.78, 5) is 12.0. The van der Waals surface area contributed by atoms with Crippen molar-refractivity contribution in [2.24, 2.45) is 7.05 Å². The van der Waals surface area contributed by atoms with Crippen LogP contribution in [0.1, 0.15) is 44.2 Å². The molecule has 0 bridgehead atoms. The van der Waals surface area contributed by atoms with Gasteiger partial charge in [-0.25, -0.2) is 4.79 Å². The van der Waals surface area contributed by atoms with Gasteiger partial charge in [0.25, 0.3) is 0 Å². The van der Waals surface area contributed by atoms with E-state index in [0.29, 0.717) is 12.2 Å². The highest BCUT2D eigenvalue weighted by atomic mass is 16.4. The summed E-state index contributed by atoms with van der Waals surface area (Å²) in [6.07, 6.45) is 5.01. The zero-order chi connectivity index (χ0) is 17.5. The van der Waals surface area contributed by atoms with Gasteiger partial charge in [-0.3, -0.25) is 0 Å². The fourth-order valence-electron chi connectivity index (χ4n) is 2.67. The Morgan fingerprint density at radius 3 is 2.62 bits per heavy atom. The Balaban J connectivity index is 1.68. The summed E-state index contributed by atoms with van der Waals surface area (Å²) >= 11 is 0. The van der Waals surface area contributed by atoms with Crippen molar-refractivity contribution >= 4 is 6.03 Å². The van der Waals surface area contributed by atoms with Crippen molar-refractivity contribution in [2.75, 3.05) is 0 Å². The largest absolute Gasteiger partial charge is 0.467 e. The molecule has 0 aromatic carbocycles. The van der Waals surface area contributed by atoms with Crippen LogP contribution >= 0.6 is 0 Å². The van der Waals surface area contributed by atoms with Crippen molar-refractivity contribution in [3.63, 3.8) is 0 Å². The molecule has 0 fully saturated rings. The van der Waals surface area contributed by atoms with Gasteiger partial charge >= 0.3 is 6.03 Å². The first-order chi connectivity index (χ1) is 11.5. The molecule has 3 N–H and O–H groups in total. The van der Waals surface area contributed by atoms with Crippen LogP contribution in [0, 0.1) is 0 Å². The Morgan fingerprint density at radius 2 is 2.00 bits per heavy atom. The van der Waals surface area contributed by atoms with Crippen molar-refractivity contribution in [3.8, 4) is 0 Å². The number of carbonyl (C=O) groups is 1. The number of aliphatic hydroxyl groups is 1. The average Bonchev–Trinajstić information content (AvgIpc) is 3.16. The standard InChI is InChI=1S/C18H27N3O3/c1-13(8-9-15-6-4-10-21(15)3)19-18(23)20-14(2)12-16(22)17-7-5-11-24-17/h4-7,10-11,13-14,16,22H,8-9,12H2,1-3H3,(H2,19,20,23). The molecule has 3 unspecified atom stereocenters. The Kier molecular flexibility index (Phi) is 6.49. The number of nitrogens with zero attached hydrogens (tertiary/aromatic N) is 1. The van der Waals surface area contributed by atoms with Gasteiger partial charge in [-0.1, -0.05) is 0 Å². The third kappa shape index (κ3) is 5.45. The quantitative estimate of drug-likeness (QED) is 0.695. The lowest BCUT2D eigenvalue weighted by Crippen LogP contribution is -2.45. The van der Waals surface area contributed by atoms with Gasteiger partial charge in [-0.05, 0) is 51.0 Å². The zero-order valence-electron chi connectivity index (χ0n) is 14.5. The smallest absolute Gasteiger partial charge is 0.315 e. The van der Waals surface area contributed by atoms with E-state index in [1.807, 2.05) is 33.2 Å². The molecule has 2 heterocycles. The van der Waals surface area contributed by atoms with E-state index in [-0.39, 0.29) is 18.1 Å². The maximum Gasteiger partial charge on any atom is 0.315 e. The number of furan rings is 1. The zero-order valence-corrected chi connectivity index (χ0v) is 14.5. The first-order valence-electron chi connectivity index (χ1n) is 8.34. The fraction of sp³-hybridized carbons (Fsp3) is 0.500. The van der Waals surface area contributed by atoms with E-state index in [9.17, 15) is 9.90 Å². The van der Waals surface area contributed by atoms with Crippen molar-refractivity contribution < 1.29 is 14.3 Å². The number of hydrogen-bond acceptors (Lipinski definition) is 3. The molecule has 0 spiro atoms. The van der Waals surface area contributed by atoms with E-state index < -0.39 is 6.10 Å². The summed E-state index contributed by atoms with van der Waals surface area (Å²) in [6.45, 7) is 3.85. The van der Waals surface area contributed by atoms with Crippen molar-refractivity contribution in [1.82, 2.24) is 15.2 Å². The number of aliphatic hydroxyl groups excluding tert-OH is 1. The van der Waals surface area contributed by atoms with Crippen LogP contribution in [-0.4, -0.2) is 27.8 Å². The number of hydrogen-bond donors (Lipinski definition) is 3. The van der Waals surface area contributed by atoms with E-state index in [4.69, 9.17) is 4.42 Å². The Bertz CT molecular complexity index is 621. The Labute approximate surface area is 142 Å². The minimum atomic E-state index is -0.718. The number of carbonyl (C=O) groups excluding carboxylic acids is 1.